The lowest BCUT2D eigenvalue weighted by Gasteiger charge is -2.14. The molecule has 0 saturated carbocycles. The van der Waals surface area contributed by atoms with Gasteiger partial charge in [-0.1, -0.05) is 18.2 Å². The average molecular weight is 425 g/mol. The van der Waals surface area contributed by atoms with E-state index in [1.165, 1.54) is 24.3 Å². The second-order valence-electron chi connectivity index (χ2n) is 6.01. The van der Waals surface area contributed by atoms with E-state index in [4.69, 9.17) is 9.84 Å². The predicted molar refractivity (Wildman–Crippen MR) is 99.8 cm³/mol. The summed E-state index contributed by atoms with van der Waals surface area (Å²) in [5.41, 5.74) is 1.89. The van der Waals surface area contributed by atoms with Crippen molar-refractivity contribution in [2.24, 2.45) is 0 Å². The molecule has 0 bridgehead atoms. The number of carboxylic acids is 1. The standard InChI is InChI=1S/C20H18F3NO6/c1-2-29-17(25)10-5-13-11-14(24-18(26)19(27)28)6-9-16(13)12-3-7-15(8-4-12)30-20(21,22)23/h3-4,6-9,11H,2,5,10H2,1H3,(H,24,26)(H,27,28). The van der Waals surface area contributed by atoms with Gasteiger partial charge < -0.3 is 19.9 Å². The number of esters is 1. The Morgan fingerprint density at radius 2 is 1.73 bits per heavy atom. The Labute approximate surface area is 169 Å². The van der Waals surface area contributed by atoms with Crippen LogP contribution in [0.2, 0.25) is 0 Å². The molecule has 10 heteroatoms. The normalized spacial score (nSPS) is 10.9. The highest BCUT2D eigenvalue weighted by atomic mass is 19.4. The number of carbonyl (C=O) groups excluding carboxylic acids is 2. The van der Waals surface area contributed by atoms with Crippen LogP contribution in [0.4, 0.5) is 18.9 Å². The fraction of sp³-hybridized carbons (Fsp3) is 0.250. The Morgan fingerprint density at radius 3 is 2.30 bits per heavy atom. The number of ether oxygens (including phenoxy) is 2. The molecule has 0 unspecified atom stereocenters. The highest BCUT2D eigenvalue weighted by Gasteiger charge is 2.31. The number of amides is 1. The van der Waals surface area contributed by atoms with E-state index in [2.05, 4.69) is 10.1 Å². The Balaban J connectivity index is 2.32. The lowest BCUT2D eigenvalue weighted by Crippen LogP contribution is -2.21. The predicted octanol–water partition coefficient (Wildman–Crippen LogP) is 3.77. The van der Waals surface area contributed by atoms with Crippen molar-refractivity contribution < 1.29 is 42.1 Å². The summed E-state index contributed by atoms with van der Waals surface area (Å²) in [5.74, 6) is -3.72. The van der Waals surface area contributed by atoms with Gasteiger partial charge in [-0.2, -0.15) is 0 Å². The molecule has 0 fully saturated rings. The number of anilines is 1. The topological polar surface area (TPSA) is 102 Å². The quantitative estimate of drug-likeness (QED) is 0.517. The Bertz CT molecular complexity index is 925. The third kappa shape index (κ3) is 6.80. The third-order valence-corrected chi connectivity index (χ3v) is 3.86. The summed E-state index contributed by atoms with van der Waals surface area (Å²) in [6.45, 7) is 1.87. The van der Waals surface area contributed by atoms with E-state index in [1.807, 2.05) is 0 Å². The van der Waals surface area contributed by atoms with E-state index >= 15 is 0 Å². The number of aryl methyl sites for hydroxylation is 1. The molecule has 2 aromatic rings. The van der Waals surface area contributed by atoms with Crippen molar-refractivity contribution in [2.75, 3.05) is 11.9 Å². The van der Waals surface area contributed by atoms with Gasteiger partial charge in [-0.3, -0.25) is 9.59 Å². The first-order valence-corrected chi connectivity index (χ1v) is 8.78. The maximum absolute atomic E-state index is 12.3. The second-order valence-corrected chi connectivity index (χ2v) is 6.01. The molecule has 2 aromatic carbocycles. The molecule has 0 aromatic heterocycles. The summed E-state index contributed by atoms with van der Waals surface area (Å²) >= 11 is 0. The van der Waals surface area contributed by atoms with Gasteiger partial charge >= 0.3 is 24.2 Å². The average Bonchev–Trinajstić information content (AvgIpc) is 2.66. The van der Waals surface area contributed by atoms with Crippen molar-refractivity contribution >= 4 is 23.5 Å². The number of hydrogen-bond donors (Lipinski definition) is 2. The first-order chi connectivity index (χ1) is 14.1. The van der Waals surface area contributed by atoms with Gasteiger partial charge in [0.1, 0.15) is 5.75 Å². The van der Waals surface area contributed by atoms with Crippen LogP contribution in [0, 0.1) is 0 Å². The van der Waals surface area contributed by atoms with Crippen LogP contribution in [0.5, 0.6) is 5.75 Å². The van der Waals surface area contributed by atoms with Crippen molar-refractivity contribution in [1.82, 2.24) is 0 Å². The van der Waals surface area contributed by atoms with E-state index < -0.39 is 24.2 Å². The van der Waals surface area contributed by atoms with Crippen LogP contribution >= 0.6 is 0 Å². The Morgan fingerprint density at radius 1 is 1.07 bits per heavy atom. The van der Waals surface area contributed by atoms with Crippen LogP contribution in [0.15, 0.2) is 42.5 Å². The molecule has 7 nitrogen and oxygen atoms in total. The number of nitrogens with one attached hydrogen (secondary N) is 1. The van der Waals surface area contributed by atoms with Crippen LogP contribution in [0.3, 0.4) is 0 Å². The van der Waals surface area contributed by atoms with Crippen molar-refractivity contribution in [3.63, 3.8) is 0 Å². The highest BCUT2D eigenvalue weighted by molar-refractivity contribution is 6.36. The number of carboxylic acid groups (broad SMARTS) is 1. The molecule has 0 aliphatic heterocycles. The van der Waals surface area contributed by atoms with Gasteiger partial charge in [0.25, 0.3) is 0 Å². The van der Waals surface area contributed by atoms with Crippen LogP contribution < -0.4 is 10.1 Å². The van der Waals surface area contributed by atoms with Crippen LogP contribution in [-0.2, 0) is 25.5 Å². The molecule has 30 heavy (non-hydrogen) atoms. The molecular weight excluding hydrogens is 407 g/mol. The van der Waals surface area contributed by atoms with Gasteiger partial charge in [0.05, 0.1) is 6.61 Å². The second kappa shape index (κ2) is 9.77. The molecule has 0 spiro atoms. The third-order valence-electron chi connectivity index (χ3n) is 3.86. The number of benzene rings is 2. The first kappa shape index (κ1) is 22.7. The summed E-state index contributed by atoms with van der Waals surface area (Å²) in [6.07, 6.45) is -4.59. The molecule has 2 N–H and O–H groups in total. The van der Waals surface area contributed by atoms with Crippen molar-refractivity contribution in [3.8, 4) is 16.9 Å². The maximum Gasteiger partial charge on any atom is 0.573 e. The fourth-order valence-electron chi connectivity index (χ4n) is 2.65. The van der Waals surface area contributed by atoms with Gasteiger partial charge in [-0.15, -0.1) is 13.2 Å². The summed E-state index contributed by atoms with van der Waals surface area (Å²) in [5, 5.41) is 10.9. The summed E-state index contributed by atoms with van der Waals surface area (Å²) < 4.78 is 45.7. The van der Waals surface area contributed by atoms with Gasteiger partial charge in [0, 0.05) is 12.1 Å². The largest absolute Gasteiger partial charge is 0.573 e. The monoisotopic (exact) mass is 425 g/mol. The van der Waals surface area contributed by atoms with E-state index in [1.54, 1.807) is 13.0 Å². The molecule has 0 heterocycles. The first-order valence-electron chi connectivity index (χ1n) is 8.78. The molecular formula is C20H18F3NO6. The SMILES string of the molecule is CCOC(=O)CCc1cc(NC(=O)C(=O)O)ccc1-c1ccc(OC(F)(F)F)cc1. The number of rotatable bonds is 7. The molecule has 0 aliphatic rings. The molecule has 0 aliphatic carbocycles. The van der Waals surface area contributed by atoms with E-state index in [0.717, 1.165) is 12.1 Å². The number of halogens is 3. The lowest BCUT2D eigenvalue weighted by atomic mass is 9.96. The van der Waals surface area contributed by atoms with Crippen LogP contribution in [-0.4, -0.2) is 35.9 Å². The van der Waals surface area contributed by atoms with Crippen molar-refractivity contribution in [2.45, 2.75) is 26.1 Å². The number of carbonyl (C=O) groups is 3. The molecule has 160 valence electrons. The molecule has 0 radical (unpaired) electrons. The molecule has 0 saturated heterocycles. The van der Waals surface area contributed by atoms with Gasteiger partial charge in [0.15, 0.2) is 0 Å². The minimum absolute atomic E-state index is 0.0203. The van der Waals surface area contributed by atoms with E-state index in [-0.39, 0.29) is 30.9 Å². The Kier molecular flexibility index (Phi) is 7.40. The highest BCUT2D eigenvalue weighted by Crippen LogP contribution is 2.30. The maximum atomic E-state index is 12.3. The minimum atomic E-state index is -4.81. The van der Waals surface area contributed by atoms with Crippen molar-refractivity contribution in [3.05, 3.63) is 48.0 Å². The molecule has 2 rings (SSSR count). The number of alkyl halides is 3. The van der Waals surface area contributed by atoms with Gasteiger partial charge in [0.2, 0.25) is 0 Å². The zero-order valence-corrected chi connectivity index (χ0v) is 15.8. The zero-order chi connectivity index (χ0) is 22.3. The lowest BCUT2D eigenvalue weighted by molar-refractivity contribution is -0.274. The van der Waals surface area contributed by atoms with Crippen LogP contribution in [0.25, 0.3) is 11.1 Å². The van der Waals surface area contributed by atoms with Gasteiger partial charge in [-0.25, -0.2) is 4.79 Å². The number of hydrogen-bond acceptors (Lipinski definition) is 5. The van der Waals surface area contributed by atoms with E-state index in [0.29, 0.717) is 16.7 Å². The Hall–Kier alpha value is -3.56. The summed E-state index contributed by atoms with van der Waals surface area (Å²) in [7, 11) is 0. The van der Waals surface area contributed by atoms with Gasteiger partial charge in [-0.05, 0) is 54.3 Å². The number of aliphatic carboxylic acids is 1. The zero-order valence-electron chi connectivity index (χ0n) is 15.8. The summed E-state index contributed by atoms with van der Waals surface area (Å²) in [6, 6.07) is 9.65. The minimum Gasteiger partial charge on any atom is -0.474 e. The van der Waals surface area contributed by atoms with E-state index in [9.17, 15) is 27.6 Å². The van der Waals surface area contributed by atoms with Crippen molar-refractivity contribution in [1.29, 1.82) is 0 Å². The molecule has 0 atom stereocenters. The fourth-order valence-corrected chi connectivity index (χ4v) is 2.65. The molecule has 1 amide bonds. The summed E-state index contributed by atoms with van der Waals surface area (Å²) in [4.78, 5) is 33.8. The van der Waals surface area contributed by atoms with Crippen LogP contribution in [0.1, 0.15) is 18.9 Å². The smallest absolute Gasteiger partial charge is 0.474 e.